The molecule has 2 saturated heterocycles. The van der Waals surface area contributed by atoms with E-state index in [1.165, 1.54) is 32.5 Å². The van der Waals surface area contributed by atoms with Crippen molar-refractivity contribution in [3.63, 3.8) is 0 Å². The molecule has 2 heteroatoms. The fourth-order valence-electron chi connectivity index (χ4n) is 1.12. The van der Waals surface area contributed by atoms with Crippen LogP contribution < -0.4 is 0 Å². The maximum atomic E-state index is 2.35. The molecule has 1 unspecified atom stereocenters. The normalized spacial score (nSPS) is 31.4. The minimum atomic E-state index is 0.866. The molecule has 0 aromatic rings. The van der Waals surface area contributed by atoms with Gasteiger partial charge in [0.05, 0.1) is 0 Å². The molecule has 2 rings (SSSR count). The Hall–Kier alpha value is -0.0800. The van der Waals surface area contributed by atoms with Crippen LogP contribution in [0, 0.1) is 0 Å². The van der Waals surface area contributed by atoms with Crippen molar-refractivity contribution in [2.24, 2.45) is 0 Å². The predicted octanol–water partition coefficient (Wildman–Crippen LogP) is 1.03. The molecule has 0 aliphatic carbocycles. The predicted molar refractivity (Wildman–Crippen MR) is 48.8 cm³/mol. The van der Waals surface area contributed by atoms with Gasteiger partial charge in [-0.1, -0.05) is 0 Å². The average molecular weight is 156 g/mol. The van der Waals surface area contributed by atoms with E-state index in [1.54, 1.807) is 0 Å². The van der Waals surface area contributed by atoms with Crippen LogP contribution >= 0.6 is 0 Å². The summed E-state index contributed by atoms with van der Waals surface area (Å²) in [5.41, 5.74) is 0. The Morgan fingerprint density at radius 2 is 1.55 bits per heavy atom. The minimum absolute atomic E-state index is 0.866. The van der Waals surface area contributed by atoms with Crippen molar-refractivity contribution in [2.45, 2.75) is 25.8 Å². The lowest BCUT2D eigenvalue weighted by molar-refractivity contribution is 0.143. The molecule has 2 aliphatic heterocycles. The molecule has 2 nitrogen and oxygen atoms in total. The number of hydrogen-bond acceptors (Lipinski definition) is 2. The summed E-state index contributed by atoms with van der Waals surface area (Å²) in [6.07, 6.45) is 2.81. The highest BCUT2D eigenvalue weighted by Crippen LogP contribution is 2.11. The fourth-order valence-corrected chi connectivity index (χ4v) is 1.12. The Morgan fingerprint density at radius 1 is 1.09 bits per heavy atom. The molecule has 0 aromatic carbocycles. The highest BCUT2D eigenvalue weighted by molar-refractivity contribution is 4.73. The van der Waals surface area contributed by atoms with Crippen LogP contribution in [-0.4, -0.2) is 49.6 Å². The van der Waals surface area contributed by atoms with Crippen LogP contribution in [0.15, 0.2) is 0 Å². The highest BCUT2D eigenvalue weighted by Gasteiger charge is 2.17. The summed E-state index contributed by atoms with van der Waals surface area (Å²) in [5.74, 6) is 0. The first-order valence-corrected chi connectivity index (χ1v) is 4.59. The van der Waals surface area contributed by atoms with E-state index in [9.17, 15) is 0 Å². The summed E-state index contributed by atoms with van der Waals surface area (Å²) in [6, 6.07) is 0.866. The summed E-state index contributed by atoms with van der Waals surface area (Å²) >= 11 is 0. The van der Waals surface area contributed by atoms with Gasteiger partial charge in [0.2, 0.25) is 0 Å². The van der Waals surface area contributed by atoms with Crippen LogP contribution in [0.1, 0.15) is 19.8 Å². The number of hydrogen-bond donors (Lipinski definition) is 0. The van der Waals surface area contributed by atoms with Gasteiger partial charge in [-0.15, -0.1) is 0 Å². The number of likely N-dealkylation sites (tertiary alicyclic amines) is 2. The first-order valence-electron chi connectivity index (χ1n) is 4.59. The molecular formula is C9H20N2. The first kappa shape index (κ1) is 9.01. The molecule has 0 saturated carbocycles. The third-order valence-electron chi connectivity index (χ3n) is 2.73. The monoisotopic (exact) mass is 156 g/mol. The number of nitrogens with zero attached hydrogens (tertiary/aromatic N) is 2. The molecule has 2 heterocycles. The van der Waals surface area contributed by atoms with Gasteiger partial charge >= 0.3 is 0 Å². The van der Waals surface area contributed by atoms with Crippen LogP contribution in [0.3, 0.4) is 0 Å². The van der Waals surface area contributed by atoms with Gasteiger partial charge in [-0.3, -0.25) is 0 Å². The Balaban J connectivity index is 0.000000112. The zero-order valence-electron chi connectivity index (χ0n) is 8.01. The standard InChI is InChI=1S/C5H11N.C4H9N/c1-5-3-4-6(5)2;1-5-3-2-4-5/h5H,3-4H2,1-2H3;2-4H2,1H3. The lowest BCUT2D eigenvalue weighted by Crippen LogP contribution is -2.41. The lowest BCUT2D eigenvalue weighted by atomic mass is 10.1. The van der Waals surface area contributed by atoms with Crippen molar-refractivity contribution in [3.05, 3.63) is 0 Å². The SMILES string of the molecule is CC1CCN1C.CN1CCC1. The largest absolute Gasteiger partial charge is 0.306 e. The van der Waals surface area contributed by atoms with E-state index in [0.29, 0.717) is 0 Å². The van der Waals surface area contributed by atoms with E-state index in [2.05, 4.69) is 30.8 Å². The summed E-state index contributed by atoms with van der Waals surface area (Å²) in [5, 5.41) is 0. The number of rotatable bonds is 0. The topological polar surface area (TPSA) is 6.48 Å². The van der Waals surface area contributed by atoms with Gasteiger partial charge in [-0.25, -0.2) is 0 Å². The van der Waals surface area contributed by atoms with Crippen molar-refractivity contribution in [3.8, 4) is 0 Å². The molecule has 0 radical (unpaired) electrons. The van der Waals surface area contributed by atoms with Crippen molar-refractivity contribution >= 4 is 0 Å². The van der Waals surface area contributed by atoms with Crippen LogP contribution in [0.5, 0.6) is 0 Å². The van der Waals surface area contributed by atoms with E-state index in [4.69, 9.17) is 0 Å². The van der Waals surface area contributed by atoms with E-state index < -0.39 is 0 Å². The Labute approximate surface area is 70.2 Å². The maximum absolute atomic E-state index is 2.35. The van der Waals surface area contributed by atoms with Gasteiger partial charge in [0, 0.05) is 6.04 Å². The Kier molecular flexibility index (Phi) is 3.34. The van der Waals surface area contributed by atoms with Gasteiger partial charge < -0.3 is 9.80 Å². The van der Waals surface area contributed by atoms with Crippen LogP contribution in [0.25, 0.3) is 0 Å². The molecule has 2 fully saturated rings. The Morgan fingerprint density at radius 3 is 1.55 bits per heavy atom. The quantitative estimate of drug-likeness (QED) is 0.517. The molecule has 0 bridgehead atoms. The molecule has 0 aromatic heterocycles. The third kappa shape index (κ3) is 2.80. The molecule has 0 N–H and O–H groups in total. The third-order valence-corrected chi connectivity index (χ3v) is 2.73. The van der Waals surface area contributed by atoms with Gasteiger partial charge in [0.1, 0.15) is 0 Å². The minimum Gasteiger partial charge on any atom is -0.306 e. The molecule has 2 aliphatic rings. The molecular weight excluding hydrogens is 136 g/mol. The van der Waals surface area contributed by atoms with Gasteiger partial charge in [-0.2, -0.15) is 0 Å². The summed E-state index contributed by atoms with van der Waals surface area (Å²) in [6.45, 7) is 6.20. The van der Waals surface area contributed by atoms with Crippen LogP contribution in [0.4, 0.5) is 0 Å². The van der Waals surface area contributed by atoms with Crippen molar-refractivity contribution in [2.75, 3.05) is 33.7 Å². The fraction of sp³-hybridized carbons (Fsp3) is 1.00. The van der Waals surface area contributed by atoms with Crippen molar-refractivity contribution < 1.29 is 0 Å². The average Bonchev–Trinajstić information content (AvgIpc) is 1.98. The maximum Gasteiger partial charge on any atom is 0.00760 e. The second-order valence-electron chi connectivity index (χ2n) is 3.78. The lowest BCUT2D eigenvalue weighted by Gasteiger charge is -2.34. The van der Waals surface area contributed by atoms with Crippen molar-refractivity contribution in [1.29, 1.82) is 0 Å². The highest BCUT2D eigenvalue weighted by atomic mass is 15.2. The van der Waals surface area contributed by atoms with E-state index >= 15 is 0 Å². The molecule has 66 valence electrons. The molecule has 11 heavy (non-hydrogen) atoms. The molecule has 0 spiro atoms. The van der Waals surface area contributed by atoms with E-state index in [0.717, 1.165) is 6.04 Å². The van der Waals surface area contributed by atoms with E-state index in [1.807, 2.05) is 0 Å². The van der Waals surface area contributed by atoms with Crippen molar-refractivity contribution in [1.82, 2.24) is 9.80 Å². The van der Waals surface area contributed by atoms with Gasteiger partial charge in [0.25, 0.3) is 0 Å². The first-order chi connectivity index (χ1) is 5.20. The zero-order valence-corrected chi connectivity index (χ0v) is 8.01. The second-order valence-corrected chi connectivity index (χ2v) is 3.78. The summed E-state index contributed by atoms with van der Waals surface area (Å²) < 4.78 is 0. The van der Waals surface area contributed by atoms with E-state index in [-0.39, 0.29) is 0 Å². The van der Waals surface area contributed by atoms with Crippen LogP contribution in [-0.2, 0) is 0 Å². The second kappa shape index (κ2) is 4.07. The Bertz CT molecular complexity index is 102. The van der Waals surface area contributed by atoms with Gasteiger partial charge in [-0.05, 0) is 53.5 Å². The zero-order chi connectivity index (χ0) is 8.27. The van der Waals surface area contributed by atoms with Crippen LogP contribution in [0.2, 0.25) is 0 Å². The molecule has 0 amide bonds. The smallest absolute Gasteiger partial charge is 0.00760 e. The molecule has 1 atom stereocenters. The van der Waals surface area contributed by atoms with Gasteiger partial charge in [0.15, 0.2) is 0 Å². The summed E-state index contributed by atoms with van der Waals surface area (Å²) in [7, 11) is 4.30. The summed E-state index contributed by atoms with van der Waals surface area (Å²) in [4.78, 5) is 4.65.